The van der Waals surface area contributed by atoms with E-state index in [1.165, 1.54) is 6.92 Å². The van der Waals surface area contributed by atoms with E-state index in [9.17, 15) is 19.5 Å². The number of aldehydes is 1. The maximum atomic E-state index is 13.4. The van der Waals surface area contributed by atoms with Gasteiger partial charge in [-0.1, -0.05) is 48.5 Å². The van der Waals surface area contributed by atoms with Crippen molar-refractivity contribution < 1.29 is 24.2 Å². The maximum absolute atomic E-state index is 13.4. The van der Waals surface area contributed by atoms with Crippen molar-refractivity contribution in [2.45, 2.75) is 125 Å². The molecule has 5 nitrogen and oxygen atoms in total. The number of rotatable bonds is 4. The molecule has 5 aliphatic carbocycles. The Morgan fingerprint density at radius 3 is 2.24 bits per heavy atom. The molecule has 1 N–H and O–H groups in total. The Hall–Kier alpha value is -1.49. The van der Waals surface area contributed by atoms with Crippen molar-refractivity contribution in [3.05, 3.63) is 11.1 Å². The highest BCUT2D eigenvalue weighted by Crippen LogP contribution is 2.77. The molecule has 0 aliphatic heterocycles. The third-order valence-electron chi connectivity index (χ3n) is 13.4. The maximum Gasteiger partial charge on any atom is 0.302 e. The number of carbonyl (C=O) groups is 3. The molecule has 0 aromatic rings. The smallest absolute Gasteiger partial charge is 0.302 e. The van der Waals surface area contributed by atoms with Crippen LogP contribution < -0.4 is 0 Å². The van der Waals surface area contributed by atoms with Crippen molar-refractivity contribution in [2.24, 2.45) is 50.7 Å². The van der Waals surface area contributed by atoms with Gasteiger partial charge in [-0.05, 0) is 102 Å². The normalized spacial score (nSPS) is 46.5. The van der Waals surface area contributed by atoms with Crippen LogP contribution >= 0.6 is 0 Å². The van der Waals surface area contributed by atoms with E-state index in [-0.39, 0.29) is 57.8 Å². The summed E-state index contributed by atoms with van der Waals surface area (Å²) in [6, 6.07) is 0. The summed E-state index contributed by atoms with van der Waals surface area (Å²) in [5, 5.41) is 11.1. The van der Waals surface area contributed by atoms with E-state index in [1.807, 2.05) is 0 Å². The number of ether oxygens (including phenoxy) is 1. The Morgan fingerprint density at radius 2 is 1.63 bits per heavy atom. The predicted octanol–water partition coefficient (Wildman–Crippen LogP) is 6.46. The first-order valence-electron chi connectivity index (χ1n) is 15.2. The minimum Gasteiger partial charge on any atom is -0.462 e. The highest BCUT2D eigenvalue weighted by Gasteiger charge is 2.70. The van der Waals surface area contributed by atoms with Gasteiger partial charge in [-0.2, -0.15) is 0 Å². The lowest BCUT2D eigenvalue weighted by Gasteiger charge is -2.72. The van der Waals surface area contributed by atoms with Crippen molar-refractivity contribution in [1.82, 2.24) is 0 Å². The van der Waals surface area contributed by atoms with Gasteiger partial charge in [0.2, 0.25) is 0 Å². The topological polar surface area (TPSA) is 80.7 Å². The molecule has 0 radical (unpaired) electrons. The Bertz CT molecular complexity index is 1070. The lowest BCUT2D eigenvalue weighted by atomic mass is 9.33. The number of esters is 1. The molecule has 4 fully saturated rings. The van der Waals surface area contributed by atoms with Crippen molar-refractivity contribution >= 4 is 18.0 Å². The van der Waals surface area contributed by atoms with Gasteiger partial charge in [0.15, 0.2) is 5.78 Å². The zero-order valence-electron chi connectivity index (χ0n) is 25.0. The second-order valence-corrected chi connectivity index (χ2v) is 15.4. The number of aliphatic hydroxyl groups excluding tert-OH is 1. The molecule has 0 saturated heterocycles. The predicted molar refractivity (Wildman–Crippen MR) is 147 cm³/mol. The molecule has 0 aromatic heterocycles. The monoisotopic (exact) mass is 526 g/mol. The minimum absolute atomic E-state index is 0.00691. The Morgan fingerprint density at radius 1 is 0.947 bits per heavy atom. The lowest BCUT2D eigenvalue weighted by Crippen LogP contribution is -2.66. The van der Waals surface area contributed by atoms with Gasteiger partial charge in [0.25, 0.3) is 0 Å². The zero-order valence-corrected chi connectivity index (χ0v) is 25.0. The van der Waals surface area contributed by atoms with Gasteiger partial charge in [0.1, 0.15) is 18.5 Å². The molecule has 212 valence electrons. The Kier molecular flexibility index (Phi) is 6.46. The fourth-order valence-electron chi connectivity index (χ4n) is 11.6. The van der Waals surface area contributed by atoms with Crippen LogP contribution in [0.1, 0.15) is 113 Å². The second kappa shape index (κ2) is 8.75. The molecule has 5 heteroatoms. The van der Waals surface area contributed by atoms with E-state index in [0.29, 0.717) is 24.5 Å². The SMILES string of the molecule is CC(=O)O[C@H]1CC[C@]2(C)[C@H]3CC[C@@H]4C5=C(C(C)C)C(=O)C[C@]5([C@H](O)C=O)CC[C@@]4(C)[C@]3(C)CC[C@H]2C1(C)C. The first-order valence-corrected chi connectivity index (χ1v) is 15.2. The molecule has 5 aliphatic rings. The molecule has 0 unspecified atom stereocenters. The Labute approximate surface area is 229 Å². The van der Waals surface area contributed by atoms with E-state index in [1.54, 1.807) is 0 Å². The molecule has 0 bridgehead atoms. The number of hydrogen-bond acceptors (Lipinski definition) is 5. The lowest BCUT2D eigenvalue weighted by molar-refractivity contribution is -0.234. The van der Waals surface area contributed by atoms with Crippen LogP contribution in [0.2, 0.25) is 0 Å². The van der Waals surface area contributed by atoms with Crippen LogP contribution in [0.5, 0.6) is 0 Å². The molecular formula is C33H50O5. The quantitative estimate of drug-likeness (QED) is 0.336. The summed E-state index contributed by atoms with van der Waals surface area (Å²) in [5.74, 6) is 1.33. The van der Waals surface area contributed by atoms with Gasteiger partial charge < -0.3 is 14.6 Å². The van der Waals surface area contributed by atoms with E-state index in [2.05, 4.69) is 48.5 Å². The van der Waals surface area contributed by atoms with Gasteiger partial charge in [-0.25, -0.2) is 0 Å². The Balaban J connectivity index is 1.57. The summed E-state index contributed by atoms with van der Waals surface area (Å²) < 4.78 is 5.87. The van der Waals surface area contributed by atoms with Gasteiger partial charge in [-0.3, -0.25) is 9.59 Å². The molecule has 0 amide bonds. The zero-order chi connectivity index (χ0) is 28.1. The fraction of sp³-hybridized carbons (Fsp3) is 0.848. The second-order valence-electron chi connectivity index (χ2n) is 15.4. The van der Waals surface area contributed by atoms with Crippen molar-refractivity contribution in [3.8, 4) is 0 Å². The van der Waals surface area contributed by atoms with Gasteiger partial charge >= 0.3 is 5.97 Å². The average molecular weight is 527 g/mol. The molecule has 4 saturated carbocycles. The molecule has 0 aromatic carbocycles. The van der Waals surface area contributed by atoms with Crippen LogP contribution in [0.15, 0.2) is 11.1 Å². The number of hydrogen-bond donors (Lipinski definition) is 1. The van der Waals surface area contributed by atoms with E-state index in [4.69, 9.17) is 4.74 Å². The molecule has 38 heavy (non-hydrogen) atoms. The number of carbonyl (C=O) groups excluding carboxylic acids is 3. The van der Waals surface area contributed by atoms with Crippen molar-refractivity contribution in [2.75, 3.05) is 0 Å². The highest BCUT2D eigenvalue weighted by molar-refractivity contribution is 6.01. The minimum atomic E-state index is -1.11. The molecular weight excluding hydrogens is 476 g/mol. The number of aliphatic hydroxyl groups is 1. The first kappa shape index (κ1) is 28.1. The summed E-state index contributed by atoms with van der Waals surface area (Å²) in [6.07, 6.45) is 7.83. The number of fused-ring (bicyclic) bond motifs is 7. The van der Waals surface area contributed by atoms with Crippen LogP contribution in [-0.2, 0) is 19.1 Å². The summed E-state index contributed by atoms with van der Waals surface area (Å²) in [4.78, 5) is 37.4. The third-order valence-corrected chi connectivity index (χ3v) is 13.4. The van der Waals surface area contributed by atoms with Crippen LogP contribution in [0, 0.1) is 50.7 Å². The highest BCUT2D eigenvalue weighted by atomic mass is 16.5. The number of ketones is 1. The summed E-state index contributed by atoms with van der Waals surface area (Å²) in [6.45, 7) is 17.9. The van der Waals surface area contributed by atoms with Crippen LogP contribution in [0.25, 0.3) is 0 Å². The number of allylic oxidation sites excluding steroid dienone is 1. The molecule has 0 heterocycles. The molecule has 9 atom stereocenters. The fourth-order valence-corrected chi connectivity index (χ4v) is 11.6. The molecule has 5 rings (SSSR count). The molecule has 0 spiro atoms. The van der Waals surface area contributed by atoms with Crippen LogP contribution in [0.3, 0.4) is 0 Å². The van der Waals surface area contributed by atoms with E-state index >= 15 is 0 Å². The summed E-state index contributed by atoms with van der Waals surface area (Å²) >= 11 is 0. The van der Waals surface area contributed by atoms with Crippen LogP contribution in [0.4, 0.5) is 0 Å². The van der Waals surface area contributed by atoms with Crippen molar-refractivity contribution in [1.29, 1.82) is 0 Å². The summed E-state index contributed by atoms with van der Waals surface area (Å²) in [5.41, 5.74) is 1.55. The van der Waals surface area contributed by atoms with Gasteiger partial charge in [-0.15, -0.1) is 0 Å². The van der Waals surface area contributed by atoms with E-state index in [0.717, 1.165) is 56.1 Å². The standard InChI is InChI=1S/C33H50O5/c1-19(2)27-22(36)17-33(25(37)18-34)16-15-31(7)21(28(27)33)9-10-24-30(6)13-12-26(38-20(3)35)29(4,5)23(30)11-14-32(24,31)8/h18-19,21,23-26,37H,9-17H2,1-8H3/t21-,23+,24-,25-,26+,30+,31-,32-,33+/m1/s1. The van der Waals surface area contributed by atoms with Gasteiger partial charge in [0, 0.05) is 24.2 Å². The summed E-state index contributed by atoms with van der Waals surface area (Å²) in [7, 11) is 0. The van der Waals surface area contributed by atoms with Crippen LogP contribution in [-0.4, -0.2) is 35.4 Å². The average Bonchev–Trinajstić information content (AvgIpc) is 3.14. The number of Topliss-reactive ketones (excluding diaryl/α,β-unsaturated/α-hetero) is 1. The first-order chi connectivity index (χ1) is 17.6. The largest absolute Gasteiger partial charge is 0.462 e. The van der Waals surface area contributed by atoms with Gasteiger partial charge in [0.05, 0.1) is 0 Å². The van der Waals surface area contributed by atoms with E-state index < -0.39 is 11.5 Å². The van der Waals surface area contributed by atoms with Crippen molar-refractivity contribution in [3.63, 3.8) is 0 Å². The third kappa shape index (κ3) is 3.42.